The van der Waals surface area contributed by atoms with Crippen molar-refractivity contribution in [2.45, 2.75) is 6.04 Å². The molecule has 80 valence electrons. The summed E-state index contributed by atoms with van der Waals surface area (Å²) in [7, 11) is 1.83. The number of hydrogen-bond acceptors (Lipinski definition) is 4. The highest BCUT2D eigenvalue weighted by molar-refractivity contribution is 9.11. The van der Waals surface area contributed by atoms with Crippen molar-refractivity contribution < 1.29 is 0 Å². The lowest BCUT2D eigenvalue weighted by atomic mass is 10.1. The van der Waals surface area contributed by atoms with Crippen molar-refractivity contribution in [1.29, 1.82) is 0 Å². The van der Waals surface area contributed by atoms with E-state index in [1.54, 1.807) is 16.0 Å². The summed E-state index contributed by atoms with van der Waals surface area (Å²) >= 11 is 8.37. The summed E-state index contributed by atoms with van der Waals surface area (Å²) in [5.41, 5.74) is 8.06. The number of rotatable bonds is 2. The summed E-state index contributed by atoms with van der Waals surface area (Å²) in [5.74, 6) is 0. The van der Waals surface area contributed by atoms with Gasteiger partial charge in [-0.15, -0.1) is 16.4 Å². The van der Waals surface area contributed by atoms with Crippen LogP contribution in [0.3, 0.4) is 0 Å². The Kier molecular flexibility index (Phi) is 3.24. The molecule has 0 saturated heterocycles. The second kappa shape index (κ2) is 4.32. The zero-order valence-corrected chi connectivity index (χ0v) is 11.8. The quantitative estimate of drug-likeness (QED) is 0.904. The van der Waals surface area contributed by atoms with Crippen LogP contribution in [0.1, 0.15) is 17.3 Å². The van der Waals surface area contributed by atoms with Crippen LogP contribution in [0.2, 0.25) is 0 Å². The molecule has 0 aromatic carbocycles. The molecule has 0 amide bonds. The minimum Gasteiger partial charge on any atom is -0.319 e. The van der Waals surface area contributed by atoms with Crippen molar-refractivity contribution in [3.63, 3.8) is 0 Å². The van der Waals surface area contributed by atoms with Gasteiger partial charge >= 0.3 is 0 Å². The predicted molar refractivity (Wildman–Crippen MR) is 66.8 cm³/mol. The third kappa shape index (κ3) is 2.15. The van der Waals surface area contributed by atoms with Gasteiger partial charge < -0.3 is 5.73 Å². The van der Waals surface area contributed by atoms with Crippen LogP contribution in [0.15, 0.2) is 19.8 Å². The van der Waals surface area contributed by atoms with Crippen LogP contribution in [0, 0.1) is 0 Å². The minimum absolute atomic E-state index is 0.207. The maximum atomic E-state index is 6.13. The lowest BCUT2D eigenvalue weighted by Gasteiger charge is -2.09. The van der Waals surface area contributed by atoms with Crippen LogP contribution in [-0.4, -0.2) is 15.0 Å². The maximum Gasteiger partial charge on any atom is 0.153 e. The molecule has 1 unspecified atom stereocenters. The highest BCUT2D eigenvalue weighted by Gasteiger charge is 2.18. The van der Waals surface area contributed by atoms with Gasteiger partial charge in [-0.2, -0.15) is 0 Å². The summed E-state index contributed by atoms with van der Waals surface area (Å²) in [6.45, 7) is 0. The fraction of sp³-hybridized carbons (Fsp3) is 0.250. The molecule has 2 heterocycles. The molecule has 0 aliphatic rings. The van der Waals surface area contributed by atoms with E-state index in [9.17, 15) is 0 Å². The highest BCUT2D eigenvalue weighted by Crippen LogP contribution is 2.29. The Morgan fingerprint density at radius 2 is 2.27 bits per heavy atom. The van der Waals surface area contributed by atoms with Crippen molar-refractivity contribution in [3.05, 3.63) is 31.1 Å². The largest absolute Gasteiger partial charge is 0.319 e. The summed E-state index contributed by atoms with van der Waals surface area (Å²) in [4.78, 5) is 0. The van der Waals surface area contributed by atoms with Crippen molar-refractivity contribution in [1.82, 2.24) is 15.0 Å². The number of thiophene rings is 1. The zero-order valence-electron chi connectivity index (χ0n) is 7.82. The van der Waals surface area contributed by atoms with Crippen molar-refractivity contribution in [2.75, 3.05) is 0 Å². The number of aromatic nitrogens is 3. The van der Waals surface area contributed by atoms with Gasteiger partial charge in [-0.05, 0) is 48.9 Å². The Hall–Kier alpha value is -0.240. The Labute approximate surface area is 108 Å². The van der Waals surface area contributed by atoms with Crippen molar-refractivity contribution in [3.8, 4) is 0 Å². The van der Waals surface area contributed by atoms with Gasteiger partial charge in [0.2, 0.25) is 0 Å². The molecule has 0 radical (unpaired) electrons. The molecular formula is C8H8Br2N4S. The smallest absolute Gasteiger partial charge is 0.153 e. The van der Waals surface area contributed by atoms with E-state index in [0.717, 1.165) is 15.0 Å². The molecule has 2 rings (SSSR count). The molecule has 0 fully saturated rings. The summed E-state index contributed by atoms with van der Waals surface area (Å²) in [5, 5.41) is 9.83. The molecule has 0 bridgehead atoms. The fourth-order valence-corrected chi connectivity index (χ4v) is 3.10. The number of hydrogen-bond donors (Lipinski definition) is 1. The fourth-order valence-electron chi connectivity index (χ4n) is 1.31. The van der Waals surface area contributed by atoms with Crippen LogP contribution in [0.5, 0.6) is 0 Å². The lowest BCUT2D eigenvalue weighted by molar-refractivity contribution is 0.651. The van der Waals surface area contributed by atoms with E-state index in [1.165, 1.54) is 0 Å². The van der Waals surface area contributed by atoms with Crippen molar-refractivity contribution >= 4 is 43.2 Å². The number of aryl methyl sites for hydroxylation is 1. The Balaban J connectivity index is 2.40. The Morgan fingerprint density at radius 3 is 2.73 bits per heavy atom. The second-order valence-corrected chi connectivity index (χ2v) is 6.09. The number of halogens is 2. The van der Waals surface area contributed by atoms with Gasteiger partial charge in [0.25, 0.3) is 0 Å². The molecule has 4 nitrogen and oxygen atoms in total. The third-order valence-corrected chi connectivity index (χ3v) is 4.16. The van der Waals surface area contributed by atoms with Gasteiger partial charge in [0.1, 0.15) is 0 Å². The van der Waals surface area contributed by atoms with Crippen molar-refractivity contribution in [2.24, 2.45) is 12.8 Å². The topological polar surface area (TPSA) is 56.7 Å². The standard InChI is InChI=1S/C8H8Br2N4S/c1-14-7(8(10)12-13-14)6(11)4-2-5(9)15-3-4/h2-3,6H,11H2,1H3. The molecule has 2 N–H and O–H groups in total. The van der Waals surface area contributed by atoms with E-state index in [0.29, 0.717) is 4.60 Å². The molecule has 0 aliphatic carbocycles. The molecule has 0 saturated carbocycles. The minimum atomic E-state index is -0.207. The van der Waals surface area contributed by atoms with Gasteiger partial charge in [-0.1, -0.05) is 5.21 Å². The van der Waals surface area contributed by atoms with Gasteiger partial charge in [0.15, 0.2) is 4.60 Å². The number of nitrogens with zero attached hydrogens (tertiary/aromatic N) is 3. The second-order valence-electron chi connectivity index (χ2n) is 3.05. The molecular weight excluding hydrogens is 344 g/mol. The van der Waals surface area contributed by atoms with Crippen LogP contribution < -0.4 is 5.73 Å². The molecule has 2 aromatic heterocycles. The van der Waals surface area contributed by atoms with E-state index < -0.39 is 0 Å². The van der Waals surface area contributed by atoms with Gasteiger partial charge in [-0.25, -0.2) is 4.68 Å². The SMILES string of the molecule is Cn1nnc(Br)c1C(N)c1csc(Br)c1. The predicted octanol–water partition coefficient (Wildman–Crippen LogP) is 2.45. The van der Waals surface area contributed by atoms with E-state index in [2.05, 4.69) is 42.2 Å². The molecule has 1 atom stereocenters. The Morgan fingerprint density at radius 1 is 1.53 bits per heavy atom. The van der Waals surface area contributed by atoms with Crippen LogP contribution in [-0.2, 0) is 7.05 Å². The zero-order chi connectivity index (χ0) is 11.0. The summed E-state index contributed by atoms with van der Waals surface area (Å²) in [6, 6.07) is 1.80. The first kappa shape index (κ1) is 11.3. The summed E-state index contributed by atoms with van der Waals surface area (Å²) < 4.78 is 3.44. The molecule has 7 heteroatoms. The molecule has 2 aromatic rings. The molecule has 15 heavy (non-hydrogen) atoms. The van der Waals surface area contributed by atoms with E-state index in [-0.39, 0.29) is 6.04 Å². The first-order valence-electron chi connectivity index (χ1n) is 4.14. The van der Waals surface area contributed by atoms with E-state index in [4.69, 9.17) is 5.73 Å². The first-order chi connectivity index (χ1) is 7.09. The average Bonchev–Trinajstić information content (AvgIpc) is 2.73. The average molecular weight is 352 g/mol. The van der Waals surface area contributed by atoms with Crippen LogP contribution in [0.25, 0.3) is 0 Å². The number of nitrogens with two attached hydrogens (primary N) is 1. The normalized spacial score (nSPS) is 13.1. The molecule has 0 spiro atoms. The van der Waals surface area contributed by atoms with Gasteiger partial charge in [0, 0.05) is 7.05 Å². The van der Waals surface area contributed by atoms with Crippen LogP contribution >= 0.6 is 43.2 Å². The lowest BCUT2D eigenvalue weighted by Crippen LogP contribution is -2.15. The highest BCUT2D eigenvalue weighted by atomic mass is 79.9. The third-order valence-electron chi connectivity index (χ3n) is 2.07. The van der Waals surface area contributed by atoms with E-state index >= 15 is 0 Å². The maximum absolute atomic E-state index is 6.13. The Bertz CT molecular complexity index is 459. The van der Waals surface area contributed by atoms with Gasteiger partial charge in [-0.3, -0.25) is 0 Å². The van der Waals surface area contributed by atoms with Gasteiger partial charge in [0.05, 0.1) is 15.5 Å². The summed E-state index contributed by atoms with van der Waals surface area (Å²) in [6.07, 6.45) is 0. The first-order valence-corrected chi connectivity index (χ1v) is 6.60. The van der Waals surface area contributed by atoms with Crippen LogP contribution in [0.4, 0.5) is 0 Å². The van der Waals surface area contributed by atoms with E-state index in [1.807, 2.05) is 18.5 Å². The monoisotopic (exact) mass is 350 g/mol. The molecule has 0 aliphatic heterocycles.